The van der Waals surface area contributed by atoms with Gasteiger partial charge in [-0.3, -0.25) is 0 Å². The number of ether oxygens (including phenoxy) is 1. The molecule has 3 nitrogen and oxygen atoms in total. The van der Waals surface area contributed by atoms with Crippen LogP contribution >= 0.6 is 0 Å². The molecule has 0 aliphatic heterocycles. The Bertz CT molecular complexity index is 347. The largest absolute Gasteiger partial charge is 0.478 e. The average Bonchev–Trinajstić information content (AvgIpc) is 2.10. The van der Waals surface area contributed by atoms with E-state index >= 15 is 0 Å². The van der Waals surface area contributed by atoms with Crippen LogP contribution in [0.4, 0.5) is 0 Å². The molecule has 1 rings (SSSR count). The van der Waals surface area contributed by atoms with Crippen molar-refractivity contribution in [1.29, 1.82) is 0 Å². The molecule has 0 aromatic heterocycles. The molecule has 0 saturated carbocycles. The minimum Gasteiger partial charge on any atom is -0.478 e. The van der Waals surface area contributed by atoms with Gasteiger partial charge in [0.15, 0.2) is 0 Å². The van der Waals surface area contributed by atoms with Crippen molar-refractivity contribution < 1.29 is 9.94 Å². The SMILES string of the molecule is COC(=NO)c1c(C)cc(C)cc1C. The number of oxime groups is 1. The molecule has 0 unspecified atom stereocenters. The predicted molar refractivity (Wildman–Crippen MR) is 56.0 cm³/mol. The fourth-order valence-corrected chi connectivity index (χ4v) is 1.71. The molecule has 0 heterocycles. The van der Waals surface area contributed by atoms with Crippen LogP contribution in [-0.4, -0.2) is 18.2 Å². The second kappa shape index (κ2) is 4.13. The first-order chi connectivity index (χ1) is 6.60. The highest BCUT2D eigenvalue weighted by Gasteiger charge is 2.11. The number of rotatable bonds is 1. The third-order valence-electron chi connectivity index (χ3n) is 2.18. The number of methoxy groups -OCH3 is 1. The Morgan fingerprint density at radius 1 is 1.21 bits per heavy atom. The summed E-state index contributed by atoms with van der Waals surface area (Å²) in [6.07, 6.45) is 0. The molecule has 3 heteroatoms. The van der Waals surface area contributed by atoms with Gasteiger partial charge in [-0.1, -0.05) is 17.7 Å². The second-order valence-corrected chi connectivity index (χ2v) is 3.38. The van der Waals surface area contributed by atoms with Gasteiger partial charge >= 0.3 is 0 Å². The minimum atomic E-state index is 0.264. The Labute approximate surface area is 84.0 Å². The first-order valence-corrected chi connectivity index (χ1v) is 4.44. The standard InChI is InChI=1S/C11H15NO2/c1-7-5-8(2)10(9(3)6-7)11(12-13)14-4/h5-6,13H,1-4H3. The van der Waals surface area contributed by atoms with Gasteiger partial charge in [0.1, 0.15) is 0 Å². The lowest BCUT2D eigenvalue weighted by Crippen LogP contribution is -2.08. The third kappa shape index (κ3) is 1.87. The van der Waals surface area contributed by atoms with Crippen LogP contribution in [0.25, 0.3) is 0 Å². The lowest BCUT2D eigenvalue weighted by Gasteiger charge is -2.10. The molecule has 14 heavy (non-hydrogen) atoms. The fourth-order valence-electron chi connectivity index (χ4n) is 1.71. The van der Waals surface area contributed by atoms with Crippen molar-refractivity contribution in [1.82, 2.24) is 0 Å². The van der Waals surface area contributed by atoms with Crippen LogP contribution in [0.3, 0.4) is 0 Å². The lowest BCUT2D eigenvalue weighted by atomic mass is 10.00. The summed E-state index contributed by atoms with van der Waals surface area (Å²) in [5.41, 5.74) is 4.16. The van der Waals surface area contributed by atoms with E-state index in [-0.39, 0.29) is 5.90 Å². The lowest BCUT2D eigenvalue weighted by molar-refractivity contribution is 0.287. The van der Waals surface area contributed by atoms with E-state index in [9.17, 15) is 0 Å². The molecule has 0 atom stereocenters. The van der Waals surface area contributed by atoms with Crippen molar-refractivity contribution in [2.24, 2.45) is 5.16 Å². The first-order valence-electron chi connectivity index (χ1n) is 4.44. The molecule has 0 radical (unpaired) electrons. The molecular weight excluding hydrogens is 178 g/mol. The van der Waals surface area contributed by atoms with Gasteiger partial charge in [-0.2, -0.15) is 0 Å². The van der Waals surface area contributed by atoms with Gasteiger partial charge in [-0.15, -0.1) is 0 Å². The Morgan fingerprint density at radius 3 is 2.07 bits per heavy atom. The molecule has 76 valence electrons. The van der Waals surface area contributed by atoms with Crippen LogP contribution in [0, 0.1) is 20.8 Å². The van der Waals surface area contributed by atoms with Gasteiger partial charge in [0.25, 0.3) is 5.90 Å². The van der Waals surface area contributed by atoms with Gasteiger partial charge in [0, 0.05) is 5.56 Å². The van der Waals surface area contributed by atoms with Crippen LogP contribution in [0.5, 0.6) is 0 Å². The van der Waals surface area contributed by atoms with E-state index in [1.165, 1.54) is 12.7 Å². The summed E-state index contributed by atoms with van der Waals surface area (Å²) in [6.45, 7) is 5.98. The van der Waals surface area contributed by atoms with Crippen molar-refractivity contribution in [2.75, 3.05) is 7.11 Å². The third-order valence-corrected chi connectivity index (χ3v) is 2.18. The van der Waals surface area contributed by atoms with Crippen LogP contribution in [0.1, 0.15) is 22.3 Å². The molecule has 0 fully saturated rings. The summed E-state index contributed by atoms with van der Waals surface area (Å²) in [5, 5.41) is 11.9. The smallest absolute Gasteiger partial charge is 0.257 e. The number of aryl methyl sites for hydroxylation is 3. The van der Waals surface area contributed by atoms with E-state index in [0.717, 1.165) is 16.7 Å². The van der Waals surface area contributed by atoms with Crippen LogP contribution < -0.4 is 0 Å². The zero-order valence-corrected chi connectivity index (χ0v) is 8.96. The zero-order valence-electron chi connectivity index (χ0n) is 8.96. The molecule has 0 aliphatic carbocycles. The monoisotopic (exact) mass is 193 g/mol. The van der Waals surface area contributed by atoms with Gasteiger partial charge < -0.3 is 9.94 Å². The Kier molecular flexibility index (Phi) is 3.12. The molecule has 1 N–H and O–H groups in total. The van der Waals surface area contributed by atoms with Crippen molar-refractivity contribution in [3.8, 4) is 0 Å². The number of benzene rings is 1. The van der Waals surface area contributed by atoms with Crippen LogP contribution in [-0.2, 0) is 4.74 Å². The molecule has 0 bridgehead atoms. The Balaban J connectivity index is 3.34. The molecule has 0 aliphatic rings. The van der Waals surface area contributed by atoms with Crippen LogP contribution in [0.15, 0.2) is 17.3 Å². The van der Waals surface area contributed by atoms with E-state index in [1.807, 2.05) is 32.9 Å². The van der Waals surface area contributed by atoms with Crippen molar-refractivity contribution in [3.63, 3.8) is 0 Å². The van der Waals surface area contributed by atoms with E-state index in [0.29, 0.717) is 0 Å². The molecule has 0 amide bonds. The molecular formula is C11H15NO2. The summed E-state index contributed by atoms with van der Waals surface area (Å²) in [6, 6.07) is 4.07. The van der Waals surface area contributed by atoms with Gasteiger partial charge in [0.2, 0.25) is 0 Å². The number of nitrogens with zero attached hydrogens (tertiary/aromatic N) is 1. The number of hydrogen-bond donors (Lipinski definition) is 1. The average molecular weight is 193 g/mol. The van der Waals surface area contributed by atoms with Crippen LogP contribution in [0.2, 0.25) is 0 Å². The highest BCUT2D eigenvalue weighted by atomic mass is 16.5. The number of hydrogen-bond acceptors (Lipinski definition) is 3. The van der Waals surface area contributed by atoms with E-state index in [4.69, 9.17) is 9.94 Å². The normalized spacial score (nSPS) is 11.6. The summed E-state index contributed by atoms with van der Waals surface area (Å²) >= 11 is 0. The topological polar surface area (TPSA) is 41.8 Å². The van der Waals surface area contributed by atoms with E-state index in [1.54, 1.807) is 0 Å². The van der Waals surface area contributed by atoms with Crippen molar-refractivity contribution in [3.05, 3.63) is 34.4 Å². The molecule has 1 aromatic carbocycles. The zero-order chi connectivity index (χ0) is 10.7. The maximum Gasteiger partial charge on any atom is 0.257 e. The highest BCUT2D eigenvalue weighted by molar-refractivity contribution is 5.96. The summed E-state index contributed by atoms with van der Waals surface area (Å²) in [5.74, 6) is 0.264. The first kappa shape index (κ1) is 10.6. The molecule has 0 spiro atoms. The fraction of sp³-hybridized carbons (Fsp3) is 0.364. The Hall–Kier alpha value is -1.51. The van der Waals surface area contributed by atoms with Crippen molar-refractivity contribution >= 4 is 5.90 Å². The maximum atomic E-state index is 8.76. The van der Waals surface area contributed by atoms with Gasteiger partial charge in [-0.05, 0) is 37.1 Å². The Morgan fingerprint density at radius 2 is 1.71 bits per heavy atom. The van der Waals surface area contributed by atoms with Gasteiger partial charge in [0.05, 0.1) is 7.11 Å². The minimum absolute atomic E-state index is 0.264. The summed E-state index contributed by atoms with van der Waals surface area (Å²) in [4.78, 5) is 0. The van der Waals surface area contributed by atoms with E-state index in [2.05, 4.69) is 5.16 Å². The maximum absolute atomic E-state index is 8.76. The molecule has 1 aromatic rings. The summed E-state index contributed by atoms with van der Waals surface area (Å²) in [7, 11) is 1.49. The highest BCUT2D eigenvalue weighted by Crippen LogP contribution is 2.17. The quantitative estimate of drug-likeness (QED) is 0.322. The predicted octanol–water partition coefficient (Wildman–Crippen LogP) is 2.39. The summed E-state index contributed by atoms with van der Waals surface area (Å²) < 4.78 is 4.99. The molecule has 0 saturated heterocycles. The van der Waals surface area contributed by atoms with E-state index < -0.39 is 0 Å². The van der Waals surface area contributed by atoms with Gasteiger partial charge in [-0.25, -0.2) is 0 Å². The van der Waals surface area contributed by atoms with Crippen molar-refractivity contribution in [2.45, 2.75) is 20.8 Å². The second-order valence-electron chi connectivity index (χ2n) is 3.38.